The molecule has 4 atom stereocenters. The minimum atomic E-state index is -1.66. The standard InChI is InChI=1S/C27H33N5O9/c28-18(12-16-6-8-17(33)9-7-16)24(37)30-19(10-11-23(35)36)25(38)31-20(13-15-4-2-1-3-5-15)26(39)32-21(27(40)41)14-22(29)34/h1-9,18-21,33H,10-14,28H2,(H2,29,34)(H,30,37)(H,31,38)(H,32,39)(H,35,36)(H,40,41). The van der Waals surface area contributed by atoms with Crippen molar-refractivity contribution in [3.63, 3.8) is 0 Å². The summed E-state index contributed by atoms with van der Waals surface area (Å²) in [6.07, 6.45) is -1.57. The minimum Gasteiger partial charge on any atom is -0.508 e. The molecule has 2 aromatic carbocycles. The van der Waals surface area contributed by atoms with Gasteiger partial charge in [-0.15, -0.1) is 0 Å². The Bertz CT molecular complexity index is 1240. The van der Waals surface area contributed by atoms with E-state index < -0.39 is 72.6 Å². The maximum Gasteiger partial charge on any atom is 0.326 e. The van der Waals surface area contributed by atoms with Gasteiger partial charge in [0, 0.05) is 12.8 Å². The van der Waals surface area contributed by atoms with Gasteiger partial charge in [0.2, 0.25) is 23.6 Å². The lowest BCUT2D eigenvalue weighted by Gasteiger charge is -2.25. The molecule has 2 aromatic rings. The molecule has 0 radical (unpaired) electrons. The fourth-order valence-electron chi connectivity index (χ4n) is 3.80. The molecule has 0 aromatic heterocycles. The summed E-state index contributed by atoms with van der Waals surface area (Å²) in [7, 11) is 0. The Morgan fingerprint density at radius 3 is 1.80 bits per heavy atom. The van der Waals surface area contributed by atoms with E-state index in [-0.39, 0.29) is 25.0 Å². The van der Waals surface area contributed by atoms with Crippen molar-refractivity contribution in [2.75, 3.05) is 0 Å². The smallest absolute Gasteiger partial charge is 0.326 e. The van der Waals surface area contributed by atoms with Crippen LogP contribution in [0.2, 0.25) is 0 Å². The van der Waals surface area contributed by atoms with Crippen LogP contribution in [0.25, 0.3) is 0 Å². The van der Waals surface area contributed by atoms with Gasteiger partial charge in [-0.1, -0.05) is 42.5 Å². The first-order valence-electron chi connectivity index (χ1n) is 12.6. The molecule has 10 N–H and O–H groups in total. The Morgan fingerprint density at radius 1 is 0.707 bits per heavy atom. The highest BCUT2D eigenvalue weighted by Crippen LogP contribution is 2.11. The summed E-state index contributed by atoms with van der Waals surface area (Å²) in [5.74, 6) is -6.31. The molecule has 0 saturated carbocycles. The lowest BCUT2D eigenvalue weighted by atomic mass is 10.0. The Labute approximate surface area is 235 Å². The normalized spacial score (nSPS) is 13.6. The van der Waals surface area contributed by atoms with E-state index in [0.717, 1.165) is 0 Å². The number of carbonyl (C=O) groups is 6. The fraction of sp³-hybridized carbons (Fsp3) is 0.333. The number of phenols is 1. The quantitative estimate of drug-likeness (QED) is 0.119. The number of nitrogens with two attached hydrogens (primary N) is 2. The van der Waals surface area contributed by atoms with Crippen LogP contribution in [0.5, 0.6) is 5.75 Å². The number of phenolic OH excluding ortho intramolecular Hbond substituents is 1. The topological polar surface area (TPSA) is 251 Å². The average molecular weight is 572 g/mol. The minimum absolute atomic E-state index is 0.0237. The number of aliphatic carboxylic acids is 2. The van der Waals surface area contributed by atoms with Gasteiger partial charge >= 0.3 is 11.9 Å². The van der Waals surface area contributed by atoms with E-state index in [1.54, 1.807) is 42.5 Å². The van der Waals surface area contributed by atoms with Crippen molar-refractivity contribution in [3.8, 4) is 5.75 Å². The van der Waals surface area contributed by atoms with Crippen molar-refractivity contribution in [1.82, 2.24) is 16.0 Å². The number of aromatic hydroxyl groups is 1. The van der Waals surface area contributed by atoms with E-state index in [9.17, 15) is 39.0 Å². The number of benzene rings is 2. The molecular formula is C27H33N5O9. The lowest BCUT2D eigenvalue weighted by molar-refractivity contribution is -0.143. The van der Waals surface area contributed by atoms with Gasteiger partial charge in [0.1, 0.15) is 23.9 Å². The number of primary amides is 1. The summed E-state index contributed by atoms with van der Waals surface area (Å²) in [4.78, 5) is 73.1. The summed E-state index contributed by atoms with van der Waals surface area (Å²) in [5.41, 5.74) is 12.3. The third kappa shape index (κ3) is 11.3. The second-order valence-electron chi connectivity index (χ2n) is 9.29. The Balaban J connectivity index is 2.22. The van der Waals surface area contributed by atoms with Crippen molar-refractivity contribution < 1.29 is 44.1 Å². The number of hydrogen-bond donors (Lipinski definition) is 8. The zero-order valence-electron chi connectivity index (χ0n) is 22.0. The molecule has 2 rings (SSSR count). The van der Waals surface area contributed by atoms with Crippen molar-refractivity contribution in [2.45, 2.75) is 56.3 Å². The van der Waals surface area contributed by atoms with Gasteiger partial charge < -0.3 is 42.7 Å². The van der Waals surface area contributed by atoms with E-state index in [1.165, 1.54) is 12.1 Å². The number of hydrogen-bond acceptors (Lipinski definition) is 8. The molecule has 4 amide bonds. The molecule has 0 aliphatic rings. The van der Waals surface area contributed by atoms with Crippen LogP contribution in [0, 0.1) is 0 Å². The summed E-state index contributed by atoms with van der Waals surface area (Å²) in [6, 6.07) is 8.82. The summed E-state index contributed by atoms with van der Waals surface area (Å²) >= 11 is 0. The fourth-order valence-corrected chi connectivity index (χ4v) is 3.80. The molecule has 0 spiro atoms. The van der Waals surface area contributed by atoms with E-state index in [1.807, 2.05) is 0 Å². The second kappa shape index (κ2) is 15.6. The largest absolute Gasteiger partial charge is 0.508 e. The van der Waals surface area contributed by atoms with Crippen molar-refractivity contribution in [3.05, 3.63) is 65.7 Å². The molecule has 14 nitrogen and oxygen atoms in total. The Morgan fingerprint density at radius 2 is 1.24 bits per heavy atom. The first kappa shape index (κ1) is 32.2. The number of carbonyl (C=O) groups excluding carboxylic acids is 4. The highest BCUT2D eigenvalue weighted by molar-refractivity contribution is 5.95. The van der Waals surface area contributed by atoms with Crippen LogP contribution >= 0.6 is 0 Å². The van der Waals surface area contributed by atoms with Crippen LogP contribution in [-0.4, -0.2) is 75.1 Å². The summed E-state index contributed by atoms with van der Waals surface area (Å²) in [5, 5.41) is 35.0. The first-order valence-corrected chi connectivity index (χ1v) is 12.6. The van der Waals surface area contributed by atoms with Gasteiger partial charge in [-0.25, -0.2) is 4.79 Å². The number of rotatable bonds is 16. The van der Waals surface area contributed by atoms with E-state index in [0.29, 0.717) is 11.1 Å². The molecule has 41 heavy (non-hydrogen) atoms. The molecule has 0 heterocycles. The van der Waals surface area contributed by atoms with Crippen LogP contribution in [0.1, 0.15) is 30.4 Å². The predicted molar refractivity (Wildman–Crippen MR) is 144 cm³/mol. The lowest BCUT2D eigenvalue weighted by Crippen LogP contribution is -2.58. The monoisotopic (exact) mass is 571 g/mol. The molecule has 0 bridgehead atoms. The summed E-state index contributed by atoms with van der Waals surface area (Å²) in [6.45, 7) is 0. The van der Waals surface area contributed by atoms with Gasteiger partial charge in [0.25, 0.3) is 0 Å². The molecule has 0 aliphatic carbocycles. The predicted octanol–water partition coefficient (Wildman–Crippen LogP) is -1.22. The molecule has 220 valence electrons. The van der Waals surface area contributed by atoms with Gasteiger partial charge in [0.05, 0.1) is 12.5 Å². The highest BCUT2D eigenvalue weighted by Gasteiger charge is 2.31. The van der Waals surface area contributed by atoms with Crippen molar-refractivity contribution >= 4 is 35.6 Å². The van der Waals surface area contributed by atoms with E-state index in [4.69, 9.17) is 16.6 Å². The molecule has 4 unspecified atom stereocenters. The number of amides is 4. The summed E-state index contributed by atoms with van der Waals surface area (Å²) < 4.78 is 0. The molecule has 14 heteroatoms. The number of carboxylic acids is 2. The van der Waals surface area contributed by atoms with Crippen LogP contribution in [0.3, 0.4) is 0 Å². The Kier molecular flexibility index (Phi) is 12.2. The van der Waals surface area contributed by atoms with Crippen molar-refractivity contribution in [1.29, 1.82) is 0 Å². The zero-order chi connectivity index (χ0) is 30.5. The number of nitrogens with one attached hydrogen (secondary N) is 3. The SMILES string of the molecule is NC(=O)CC(NC(=O)C(Cc1ccccc1)NC(=O)C(CCC(=O)O)NC(=O)C(N)Cc1ccc(O)cc1)C(=O)O. The van der Waals surface area contributed by atoms with Gasteiger partial charge in [-0.3, -0.25) is 24.0 Å². The van der Waals surface area contributed by atoms with Gasteiger partial charge in [0.15, 0.2) is 0 Å². The average Bonchev–Trinajstić information content (AvgIpc) is 2.91. The van der Waals surface area contributed by atoms with Gasteiger partial charge in [-0.05, 0) is 36.1 Å². The third-order valence-corrected chi connectivity index (χ3v) is 5.94. The molecule has 0 fully saturated rings. The van der Waals surface area contributed by atoms with E-state index in [2.05, 4.69) is 16.0 Å². The zero-order valence-corrected chi connectivity index (χ0v) is 22.0. The van der Waals surface area contributed by atoms with Crippen LogP contribution < -0.4 is 27.4 Å². The second-order valence-corrected chi connectivity index (χ2v) is 9.29. The van der Waals surface area contributed by atoms with Crippen LogP contribution in [-0.2, 0) is 41.6 Å². The molecule has 0 aliphatic heterocycles. The maximum absolute atomic E-state index is 13.3. The highest BCUT2D eigenvalue weighted by atomic mass is 16.4. The van der Waals surface area contributed by atoms with Crippen molar-refractivity contribution in [2.24, 2.45) is 11.5 Å². The molecular weight excluding hydrogens is 538 g/mol. The Hall–Kier alpha value is -4.98. The molecule has 0 saturated heterocycles. The van der Waals surface area contributed by atoms with Crippen LogP contribution in [0.15, 0.2) is 54.6 Å². The van der Waals surface area contributed by atoms with Crippen LogP contribution in [0.4, 0.5) is 0 Å². The third-order valence-electron chi connectivity index (χ3n) is 5.94. The van der Waals surface area contributed by atoms with Gasteiger partial charge in [-0.2, -0.15) is 0 Å². The number of carboxylic acid groups (broad SMARTS) is 2. The van der Waals surface area contributed by atoms with E-state index >= 15 is 0 Å². The first-order chi connectivity index (χ1) is 19.3. The maximum atomic E-state index is 13.3.